The third-order valence-electron chi connectivity index (χ3n) is 11.2. The molecule has 12 rings (SSSR count). The fourth-order valence-electron chi connectivity index (χ4n) is 8.25. The molecule has 6 heteroatoms. The quantitative estimate of drug-likeness (QED) is 0.122. The maximum Gasteiger partial charge on any atom is -0.0193 e. The first-order valence-electron chi connectivity index (χ1n) is 23.3. The smallest absolute Gasteiger partial charge is 0.0193 e. The van der Waals surface area contributed by atoms with E-state index in [9.17, 15) is 0 Å². The van der Waals surface area contributed by atoms with Crippen LogP contribution in [0.15, 0.2) is 218 Å². The van der Waals surface area contributed by atoms with Gasteiger partial charge in [-0.2, -0.15) is 46.6 Å². The first-order chi connectivity index (χ1) is 33.3. The normalized spacial score (nSPS) is 13.3. The molecule has 0 spiro atoms. The van der Waals surface area contributed by atoms with Crippen molar-refractivity contribution < 1.29 is 71.5 Å². The van der Waals surface area contributed by atoms with E-state index in [0.29, 0.717) is 0 Å². The Kier molecular flexibility index (Phi) is 24.0. The summed E-state index contributed by atoms with van der Waals surface area (Å²) in [5, 5.41) is 10.5. The van der Waals surface area contributed by atoms with Gasteiger partial charge in [0, 0.05) is 0 Å². The van der Waals surface area contributed by atoms with Crippen molar-refractivity contribution >= 4 is 76.2 Å². The summed E-state index contributed by atoms with van der Waals surface area (Å²) in [5.74, 6) is 0. The third kappa shape index (κ3) is 16.3. The summed E-state index contributed by atoms with van der Waals surface area (Å²) in [6, 6.07) is 59.8. The van der Waals surface area contributed by atoms with Crippen molar-refractivity contribution in [2.75, 3.05) is 0 Å². The van der Waals surface area contributed by atoms with Gasteiger partial charge in [-0.25, -0.2) is 24.3 Å². The second kappa shape index (κ2) is 29.7. The number of hydrogen-bond donors (Lipinski definition) is 0. The van der Waals surface area contributed by atoms with Crippen molar-refractivity contribution in [2.45, 2.75) is 51.9 Å². The monoisotopic (exact) mass is 1130 g/mol. The number of allylic oxidation sites excluding steroid dienone is 16. The first-order valence-corrected chi connectivity index (χ1v) is 35.7. The number of benzene rings is 8. The molecule has 8 aromatic rings. The van der Waals surface area contributed by atoms with Crippen molar-refractivity contribution in [3.8, 4) is 0 Å². The number of hydrogen-bond acceptors (Lipinski definition) is 0. The van der Waals surface area contributed by atoms with E-state index >= 15 is 0 Å². The molecule has 0 saturated carbocycles. The average molecular weight is 1130 g/mol. The van der Waals surface area contributed by atoms with Crippen molar-refractivity contribution in [2.24, 2.45) is 0 Å². The van der Waals surface area contributed by atoms with E-state index in [1.165, 1.54) is 87.6 Å². The van der Waals surface area contributed by atoms with Gasteiger partial charge in [-0.15, -0.1) is 25.7 Å². The third-order valence-corrected chi connectivity index (χ3v) is 11.2. The van der Waals surface area contributed by atoms with E-state index in [0.717, 1.165) is 25.7 Å². The Bertz CT molecular complexity index is 2870. The molecule has 0 amide bonds. The zero-order valence-electron chi connectivity index (χ0n) is 40.4. The van der Waals surface area contributed by atoms with E-state index in [4.69, 9.17) is 0 Å². The van der Waals surface area contributed by atoms with E-state index in [1.54, 1.807) is 46.7 Å². The fourth-order valence-corrected chi connectivity index (χ4v) is 8.25. The van der Waals surface area contributed by atoms with Gasteiger partial charge in [0.1, 0.15) is 0 Å². The molecule has 0 unspecified atom stereocenters. The van der Waals surface area contributed by atoms with Crippen LogP contribution in [0.5, 0.6) is 0 Å². The molecule has 0 saturated heterocycles. The van der Waals surface area contributed by atoms with Gasteiger partial charge in [-0.05, 0) is 43.1 Å². The minimum Gasteiger partial charge on any atom is -1.00 e. The van der Waals surface area contributed by atoms with Gasteiger partial charge in [0.05, 0.1) is 0 Å². The molecule has 70 heavy (non-hydrogen) atoms. The molecule has 8 aromatic carbocycles. The summed E-state index contributed by atoms with van der Waals surface area (Å²) < 4.78 is 0. The first kappa shape index (κ1) is 56.4. The van der Waals surface area contributed by atoms with Crippen LogP contribution in [0.4, 0.5) is 0 Å². The van der Waals surface area contributed by atoms with E-state index < -0.39 is 0 Å². The maximum absolute atomic E-state index is 3.22. The molecule has 0 N–H and O–H groups in total. The number of fused-ring (bicyclic) bond motifs is 4. The zero-order valence-corrected chi connectivity index (χ0v) is 48.8. The van der Waals surface area contributed by atoms with Crippen LogP contribution in [0, 0.1) is 24.3 Å². The Morgan fingerprint density at radius 3 is 0.671 bits per heavy atom. The van der Waals surface area contributed by atoms with E-state index in [1.807, 2.05) is 0 Å². The Morgan fingerprint density at radius 1 is 0.300 bits per heavy atom. The van der Waals surface area contributed by atoms with Crippen LogP contribution in [0.1, 0.15) is 47.9 Å². The van der Waals surface area contributed by atoms with E-state index in [-0.39, 0.29) is 35.7 Å². The molecule has 4 aliphatic rings. The minimum absolute atomic E-state index is 0. The van der Waals surface area contributed by atoms with Crippen LogP contribution >= 0.6 is 0 Å². The van der Waals surface area contributed by atoms with Gasteiger partial charge in [-0.3, -0.25) is 24.3 Å². The maximum atomic E-state index is 3.22. The minimum atomic E-state index is 0. The topological polar surface area (TPSA) is 0 Å². The number of halogens is 2. The summed E-state index contributed by atoms with van der Waals surface area (Å²) in [5.41, 5.74) is 10.9. The molecular weight excluding hydrogens is 1080 g/mol. The predicted octanol–water partition coefficient (Wildman–Crippen LogP) is 11.5. The molecule has 0 radical (unpaired) electrons. The largest absolute Gasteiger partial charge is 1.00 e. The summed E-state index contributed by atoms with van der Waals surface area (Å²) in [6.07, 6.45) is 33.9. The predicted molar refractivity (Wildman–Crippen MR) is 292 cm³/mol. The van der Waals surface area contributed by atoms with Gasteiger partial charge in [-0.1, -0.05) is 192 Å². The molecule has 0 atom stereocenters. The molecule has 0 bridgehead atoms. The van der Waals surface area contributed by atoms with Crippen molar-refractivity contribution in [3.63, 3.8) is 0 Å². The molecule has 344 valence electrons. The van der Waals surface area contributed by atoms with Crippen molar-refractivity contribution in [1.29, 1.82) is 0 Å². The summed E-state index contributed by atoms with van der Waals surface area (Å²) in [7, 11) is 0. The van der Waals surface area contributed by atoms with Gasteiger partial charge >= 0.3 is 83.7 Å². The van der Waals surface area contributed by atoms with Crippen LogP contribution in [0.3, 0.4) is 0 Å². The fraction of sp³-hybridized carbons (Fsp3) is 0.125. The van der Waals surface area contributed by atoms with Gasteiger partial charge in [0.25, 0.3) is 0 Å². The Balaban J connectivity index is 0.000000164. The van der Waals surface area contributed by atoms with Gasteiger partial charge < -0.3 is 24.8 Å². The van der Waals surface area contributed by atoms with Crippen molar-refractivity contribution in [1.82, 2.24) is 0 Å². The second-order valence-corrected chi connectivity index (χ2v) is 35.7. The molecule has 0 nitrogen and oxygen atoms in total. The molecule has 0 heterocycles. The SMILES string of the molecule is C[Si](C)=[Zr+2].C[Si](C)=[Zr+2].[C-]1=CC(c2cccc3ccccc23)=CC1.[C-]1=CC(c2cccc3ccccc23)=CC1.[C-]1=CC(c2cccc3ccccc23)=CC1.[C-]1=CC(c2cccc3ccccc23)=CC1.[Cl-].[Cl-]. The molecule has 0 fully saturated rings. The van der Waals surface area contributed by atoms with Crippen LogP contribution in [-0.2, 0) is 46.7 Å². The van der Waals surface area contributed by atoms with Crippen LogP contribution in [0.2, 0.25) is 26.2 Å². The van der Waals surface area contributed by atoms with Gasteiger partial charge in [0.15, 0.2) is 0 Å². The summed E-state index contributed by atoms with van der Waals surface area (Å²) in [6.45, 7) is 9.23. The Labute approximate surface area is 460 Å². The standard InChI is InChI=1S/4C15H11.2C2H6Si.2ClH.2Zr/c4*1-2-7-12(6-1)15-11-5-9-13-8-3-4-10-14(13)15;2*1-3-2;;;;/h4*3-11H,1H2;2*1-2H3;2*1H;;/q4*-1;;;;;2*+2/p-2. The summed E-state index contributed by atoms with van der Waals surface area (Å²) in [4.78, 5) is 0. The van der Waals surface area contributed by atoms with E-state index in [2.05, 4.69) is 269 Å². The average Bonchev–Trinajstić information content (AvgIpc) is 4.24. The van der Waals surface area contributed by atoms with Crippen LogP contribution in [0.25, 0.3) is 65.4 Å². The second-order valence-electron chi connectivity index (χ2n) is 17.0. The molecular formula is C64H56Cl2Si2Zr2-2. The Hall–Kier alpha value is -4.50. The molecule has 0 aromatic heterocycles. The molecule has 0 aliphatic heterocycles. The van der Waals surface area contributed by atoms with Crippen LogP contribution in [-0.4, -0.2) is 10.9 Å². The van der Waals surface area contributed by atoms with Crippen LogP contribution < -0.4 is 24.8 Å². The molecule has 4 aliphatic carbocycles. The summed E-state index contributed by atoms with van der Waals surface area (Å²) >= 11 is 3.48. The number of rotatable bonds is 4. The zero-order chi connectivity index (χ0) is 47.5. The Morgan fingerprint density at radius 2 is 0.486 bits per heavy atom. The van der Waals surface area contributed by atoms with Gasteiger partial charge in [0.2, 0.25) is 0 Å². The van der Waals surface area contributed by atoms with Crippen molar-refractivity contribution in [3.05, 3.63) is 265 Å².